The molecule has 1 atom stereocenters. The first-order valence-electron chi connectivity index (χ1n) is 4.43. The lowest BCUT2D eigenvalue weighted by Gasteiger charge is -2.14. The number of hydrogen-bond donors (Lipinski definition) is 2. The molecular weight excluding hydrogens is 152 g/mol. The van der Waals surface area contributed by atoms with E-state index < -0.39 is 11.9 Å². The minimum absolute atomic E-state index is 0.401. The fraction of sp³-hybridized carbons (Fsp3) is 0.667. The van der Waals surface area contributed by atoms with Gasteiger partial charge in [-0.1, -0.05) is 11.6 Å². The normalized spacial score (nSPS) is 19.9. The van der Waals surface area contributed by atoms with Gasteiger partial charge in [0.2, 0.25) is 5.91 Å². The van der Waals surface area contributed by atoms with Crippen LogP contribution in [0.15, 0.2) is 11.6 Å². The van der Waals surface area contributed by atoms with Crippen LogP contribution in [0.25, 0.3) is 0 Å². The first kappa shape index (κ1) is 9.26. The Morgan fingerprint density at radius 1 is 1.58 bits per heavy atom. The predicted octanol–water partition coefficient (Wildman–Crippen LogP) is 0.689. The van der Waals surface area contributed by atoms with E-state index in [4.69, 9.17) is 11.5 Å². The molecule has 68 valence electrons. The Bertz CT molecular complexity index is 199. The van der Waals surface area contributed by atoms with Crippen LogP contribution >= 0.6 is 0 Å². The van der Waals surface area contributed by atoms with Crippen molar-refractivity contribution in [3.05, 3.63) is 11.6 Å². The summed E-state index contributed by atoms with van der Waals surface area (Å²) in [4.78, 5) is 10.6. The molecule has 1 rings (SSSR count). The third-order valence-electron chi connectivity index (χ3n) is 2.23. The average molecular weight is 168 g/mol. The van der Waals surface area contributed by atoms with E-state index in [1.165, 1.54) is 18.4 Å². The van der Waals surface area contributed by atoms with Crippen LogP contribution in [0.5, 0.6) is 0 Å². The molecular formula is C9H16N2O. The Balaban J connectivity index is 2.39. The highest BCUT2D eigenvalue weighted by Gasteiger charge is 2.12. The van der Waals surface area contributed by atoms with Crippen LogP contribution in [0.3, 0.4) is 0 Å². The number of primary amides is 1. The topological polar surface area (TPSA) is 69.1 Å². The van der Waals surface area contributed by atoms with E-state index in [1.54, 1.807) is 0 Å². The van der Waals surface area contributed by atoms with E-state index in [0.29, 0.717) is 6.42 Å². The van der Waals surface area contributed by atoms with E-state index in [2.05, 4.69) is 6.08 Å². The third kappa shape index (κ3) is 2.66. The molecule has 0 aliphatic heterocycles. The molecule has 0 heterocycles. The summed E-state index contributed by atoms with van der Waals surface area (Å²) in [5.74, 6) is -0.401. The monoisotopic (exact) mass is 168 g/mol. The van der Waals surface area contributed by atoms with Crippen LogP contribution in [0, 0.1) is 0 Å². The summed E-state index contributed by atoms with van der Waals surface area (Å²) in [5.41, 5.74) is 11.9. The molecule has 1 unspecified atom stereocenters. The lowest BCUT2D eigenvalue weighted by Crippen LogP contribution is -2.36. The summed E-state index contributed by atoms with van der Waals surface area (Å²) in [7, 11) is 0. The predicted molar refractivity (Wildman–Crippen MR) is 48.3 cm³/mol. The number of allylic oxidation sites excluding steroid dienone is 1. The summed E-state index contributed by atoms with van der Waals surface area (Å²) in [6.07, 6.45) is 7.52. The number of nitrogens with two attached hydrogens (primary N) is 2. The Kier molecular flexibility index (Phi) is 3.29. The number of hydrogen-bond acceptors (Lipinski definition) is 2. The Hall–Kier alpha value is -0.830. The maximum atomic E-state index is 10.6. The van der Waals surface area contributed by atoms with Gasteiger partial charge in [-0.15, -0.1) is 0 Å². The Morgan fingerprint density at radius 2 is 2.33 bits per heavy atom. The molecule has 12 heavy (non-hydrogen) atoms. The van der Waals surface area contributed by atoms with Crippen molar-refractivity contribution in [2.24, 2.45) is 11.5 Å². The van der Waals surface area contributed by atoms with Gasteiger partial charge >= 0.3 is 0 Å². The molecule has 1 aliphatic carbocycles. The molecule has 0 aromatic heterocycles. The number of amides is 1. The standard InChI is InChI=1S/C9H16N2O/c10-8(9(11)12)6-7-4-2-1-3-5-7/h4,8H,1-3,5-6,10H2,(H2,11,12). The van der Waals surface area contributed by atoms with E-state index in [0.717, 1.165) is 12.8 Å². The average Bonchev–Trinajstić information content (AvgIpc) is 2.06. The fourth-order valence-electron chi connectivity index (χ4n) is 1.47. The summed E-state index contributed by atoms with van der Waals surface area (Å²) in [6.45, 7) is 0. The van der Waals surface area contributed by atoms with Gasteiger partial charge in [0, 0.05) is 0 Å². The first-order chi connectivity index (χ1) is 5.70. The Labute approximate surface area is 72.8 Å². The molecule has 1 aliphatic rings. The van der Waals surface area contributed by atoms with Crippen molar-refractivity contribution in [1.82, 2.24) is 0 Å². The second kappa shape index (κ2) is 4.26. The van der Waals surface area contributed by atoms with E-state index in [9.17, 15) is 4.79 Å². The second-order valence-corrected chi connectivity index (χ2v) is 3.32. The minimum Gasteiger partial charge on any atom is -0.368 e. The van der Waals surface area contributed by atoms with Gasteiger partial charge in [-0.05, 0) is 32.1 Å². The van der Waals surface area contributed by atoms with Crippen molar-refractivity contribution in [3.8, 4) is 0 Å². The zero-order valence-electron chi connectivity index (χ0n) is 7.25. The molecule has 4 N–H and O–H groups in total. The van der Waals surface area contributed by atoms with E-state index in [1.807, 2.05) is 0 Å². The summed E-state index contributed by atoms with van der Waals surface area (Å²) in [5, 5.41) is 0. The molecule has 3 heteroatoms. The quantitative estimate of drug-likeness (QED) is 0.609. The van der Waals surface area contributed by atoms with Gasteiger partial charge in [0.25, 0.3) is 0 Å². The lowest BCUT2D eigenvalue weighted by molar-refractivity contribution is -0.119. The van der Waals surface area contributed by atoms with Crippen molar-refractivity contribution in [1.29, 1.82) is 0 Å². The number of carbonyl (C=O) groups excluding carboxylic acids is 1. The van der Waals surface area contributed by atoms with Gasteiger partial charge in [0.1, 0.15) is 0 Å². The van der Waals surface area contributed by atoms with E-state index in [-0.39, 0.29) is 0 Å². The molecule has 1 amide bonds. The summed E-state index contributed by atoms with van der Waals surface area (Å²) < 4.78 is 0. The van der Waals surface area contributed by atoms with Crippen molar-refractivity contribution in [2.75, 3.05) is 0 Å². The molecule has 0 aromatic rings. The molecule has 0 fully saturated rings. The molecule has 0 spiro atoms. The SMILES string of the molecule is NC(=O)C(N)CC1=CCCCC1. The highest BCUT2D eigenvalue weighted by molar-refractivity contribution is 5.79. The van der Waals surface area contributed by atoms with Crippen LogP contribution in [-0.2, 0) is 4.79 Å². The van der Waals surface area contributed by atoms with Crippen molar-refractivity contribution < 1.29 is 4.79 Å². The number of rotatable bonds is 3. The van der Waals surface area contributed by atoms with Crippen LogP contribution in [0.4, 0.5) is 0 Å². The highest BCUT2D eigenvalue weighted by atomic mass is 16.1. The second-order valence-electron chi connectivity index (χ2n) is 3.32. The molecule has 0 saturated heterocycles. The van der Waals surface area contributed by atoms with Gasteiger partial charge in [0.05, 0.1) is 6.04 Å². The molecule has 3 nitrogen and oxygen atoms in total. The van der Waals surface area contributed by atoms with Gasteiger partial charge in [-0.3, -0.25) is 4.79 Å². The summed E-state index contributed by atoms with van der Waals surface area (Å²) in [6, 6.07) is -0.491. The van der Waals surface area contributed by atoms with Crippen molar-refractivity contribution >= 4 is 5.91 Å². The van der Waals surface area contributed by atoms with Crippen LogP contribution in [-0.4, -0.2) is 11.9 Å². The smallest absolute Gasteiger partial charge is 0.234 e. The van der Waals surface area contributed by atoms with Crippen molar-refractivity contribution in [2.45, 2.75) is 38.1 Å². The van der Waals surface area contributed by atoms with Gasteiger partial charge in [-0.25, -0.2) is 0 Å². The van der Waals surface area contributed by atoms with Crippen LogP contribution in [0.1, 0.15) is 32.1 Å². The fourth-order valence-corrected chi connectivity index (χ4v) is 1.47. The largest absolute Gasteiger partial charge is 0.368 e. The molecule has 0 saturated carbocycles. The van der Waals surface area contributed by atoms with Crippen LogP contribution < -0.4 is 11.5 Å². The lowest BCUT2D eigenvalue weighted by atomic mass is 9.94. The minimum atomic E-state index is -0.491. The van der Waals surface area contributed by atoms with Crippen LogP contribution in [0.2, 0.25) is 0 Å². The molecule has 0 bridgehead atoms. The highest BCUT2D eigenvalue weighted by Crippen LogP contribution is 2.20. The zero-order chi connectivity index (χ0) is 8.97. The Morgan fingerprint density at radius 3 is 2.83 bits per heavy atom. The van der Waals surface area contributed by atoms with Crippen molar-refractivity contribution in [3.63, 3.8) is 0 Å². The first-order valence-corrected chi connectivity index (χ1v) is 4.43. The zero-order valence-corrected chi connectivity index (χ0v) is 7.25. The summed E-state index contributed by atoms with van der Waals surface area (Å²) >= 11 is 0. The van der Waals surface area contributed by atoms with Gasteiger partial charge in [-0.2, -0.15) is 0 Å². The molecule has 0 radical (unpaired) electrons. The van der Waals surface area contributed by atoms with Gasteiger partial charge in [0.15, 0.2) is 0 Å². The number of carbonyl (C=O) groups is 1. The maximum Gasteiger partial charge on any atom is 0.234 e. The van der Waals surface area contributed by atoms with E-state index >= 15 is 0 Å². The third-order valence-corrected chi connectivity index (χ3v) is 2.23. The molecule has 0 aromatic carbocycles. The maximum absolute atomic E-state index is 10.6. The van der Waals surface area contributed by atoms with Gasteiger partial charge < -0.3 is 11.5 Å².